The number of carbonyl (C=O) groups excluding carboxylic acids is 1. The van der Waals surface area contributed by atoms with E-state index in [1.165, 1.54) is 0 Å². The lowest BCUT2D eigenvalue weighted by molar-refractivity contribution is -0.118. The SMILES string of the molecule is Cn1nc(CN)cc1-c1ccc2c(c1)NC(=O)CO2. The summed E-state index contributed by atoms with van der Waals surface area (Å²) >= 11 is 0. The van der Waals surface area contributed by atoms with Crippen molar-refractivity contribution >= 4 is 11.6 Å². The van der Waals surface area contributed by atoms with Gasteiger partial charge in [-0.2, -0.15) is 5.10 Å². The van der Waals surface area contributed by atoms with Crippen LogP contribution in [0.2, 0.25) is 0 Å². The molecule has 6 heteroatoms. The van der Waals surface area contributed by atoms with Gasteiger partial charge < -0.3 is 15.8 Å². The van der Waals surface area contributed by atoms with Gasteiger partial charge >= 0.3 is 0 Å². The molecule has 1 aromatic heterocycles. The van der Waals surface area contributed by atoms with E-state index in [0.29, 0.717) is 18.0 Å². The van der Waals surface area contributed by atoms with Crippen molar-refractivity contribution in [3.05, 3.63) is 30.0 Å². The second-order valence-corrected chi connectivity index (χ2v) is 4.40. The minimum atomic E-state index is -0.141. The molecule has 1 aliphatic rings. The van der Waals surface area contributed by atoms with Gasteiger partial charge in [-0.3, -0.25) is 9.48 Å². The maximum atomic E-state index is 11.3. The number of hydrogen-bond acceptors (Lipinski definition) is 4. The Hall–Kier alpha value is -2.34. The van der Waals surface area contributed by atoms with Crippen LogP contribution in [0.1, 0.15) is 5.69 Å². The fraction of sp³-hybridized carbons (Fsp3) is 0.231. The summed E-state index contributed by atoms with van der Waals surface area (Å²) in [4.78, 5) is 11.3. The average molecular weight is 258 g/mol. The molecule has 2 heterocycles. The number of ether oxygens (including phenoxy) is 1. The number of aromatic nitrogens is 2. The van der Waals surface area contributed by atoms with Gasteiger partial charge in [-0.15, -0.1) is 0 Å². The fourth-order valence-electron chi connectivity index (χ4n) is 2.14. The number of nitrogens with zero attached hydrogens (tertiary/aromatic N) is 2. The van der Waals surface area contributed by atoms with Gasteiger partial charge in [-0.25, -0.2) is 0 Å². The van der Waals surface area contributed by atoms with Gasteiger partial charge in [0.25, 0.3) is 5.91 Å². The smallest absolute Gasteiger partial charge is 0.262 e. The largest absolute Gasteiger partial charge is 0.482 e. The van der Waals surface area contributed by atoms with Crippen LogP contribution in [0.25, 0.3) is 11.3 Å². The second kappa shape index (κ2) is 4.40. The number of aryl methyl sites for hydroxylation is 1. The van der Waals surface area contributed by atoms with Crippen molar-refractivity contribution in [2.75, 3.05) is 11.9 Å². The molecule has 19 heavy (non-hydrogen) atoms. The monoisotopic (exact) mass is 258 g/mol. The normalized spacial score (nSPS) is 13.7. The molecule has 0 unspecified atom stereocenters. The molecule has 6 nitrogen and oxygen atoms in total. The molecule has 0 radical (unpaired) electrons. The molecule has 1 aromatic carbocycles. The maximum Gasteiger partial charge on any atom is 0.262 e. The van der Waals surface area contributed by atoms with E-state index in [1.807, 2.05) is 31.3 Å². The number of fused-ring (bicyclic) bond motifs is 1. The van der Waals surface area contributed by atoms with E-state index >= 15 is 0 Å². The number of benzene rings is 1. The minimum absolute atomic E-state index is 0.0649. The van der Waals surface area contributed by atoms with Crippen molar-refractivity contribution in [3.63, 3.8) is 0 Å². The quantitative estimate of drug-likeness (QED) is 0.837. The number of anilines is 1. The average Bonchev–Trinajstić information content (AvgIpc) is 2.79. The van der Waals surface area contributed by atoms with E-state index in [2.05, 4.69) is 10.4 Å². The molecule has 0 spiro atoms. The zero-order valence-electron chi connectivity index (χ0n) is 10.5. The summed E-state index contributed by atoms with van der Waals surface area (Å²) in [5.74, 6) is 0.543. The molecule has 0 atom stereocenters. The third kappa shape index (κ3) is 2.06. The number of nitrogens with one attached hydrogen (secondary N) is 1. The minimum Gasteiger partial charge on any atom is -0.482 e. The highest BCUT2D eigenvalue weighted by Crippen LogP contribution is 2.32. The van der Waals surface area contributed by atoms with Crippen LogP contribution in [0.5, 0.6) is 5.75 Å². The van der Waals surface area contributed by atoms with Gasteiger partial charge in [0.15, 0.2) is 6.61 Å². The Morgan fingerprint density at radius 3 is 3.05 bits per heavy atom. The third-order valence-corrected chi connectivity index (χ3v) is 3.05. The molecular formula is C13H14N4O2. The van der Waals surface area contributed by atoms with Crippen molar-refractivity contribution in [2.24, 2.45) is 12.8 Å². The van der Waals surface area contributed by atoms with Crippen molar-refractivity contribution < 1.29 is 9.53 Å². The highest BCUT2D eigenvalue weighted by Gasteiger charge is 2.17. The lowest BCUT2D eigenvalue weighted by Gasteiger charge is -2.18. The zero-order chi connectivity index (χ0) is 13.4. The molecule has 1 amide bonds. The van der Waals surface area contributed by atoms with Gasteiger partial charge in [-0.05, 0) is 24.3 Å². The van der Waals surface area contributed by atoms with E-state index in [-0.39, 0.29) is 12.5 Å². The van der Waals surface area contributed by atoms with Crippen LogP contribution in [0.3, 0.4) is 0 Å². The van der Waals surface area contributed by atoms with Gasteiger partial charge in [0, 0.05) is 19.2 Å². The van der Waals surface area contributed by atoms with E-state index in [1.54, 1.807) is 4.68 Å². The van der Waals surface area contributed by atoms with Crippen LogP contribution >= 0.6 is 0 Å². The molecule has 0 bridgehead atoms. The molecule has 0 saturated carbocycles. The van der Waals surface area contributed by atoms with E-state index in [4.69, 9.17) is 10.5 Å². The molecule has 2 aromatic rings. The topological polar surface area (TPSA) is 82.2 Å². The van der Waals surface area contributed by atoms with Gasteiger partial charge in [0.2, 0.25) is 0 Å². The van der Waals surface area contributed by atoms with E-state index < -0.39 is 0 Å². The fourth-order valence-corrected chi connectivity index (χ4v) is 2.14. The van der Waals surface area contributed by atoms with E-state index in [9.17, 15) is 4.79 Å². The third-order valence-electron chi connectivity index (χ3n) is 3.05. The first-order chi connectivity index (χ1) is 9.17. The number of amides is 1. The summed E-state index contributed by atoms with van der Waals surface area (Å²) < 4.78 is 7.10. The molecule has 0 saturated heterocycles. The maximum absolute atomic E-state index is 11.3. The van der Waals surface area contributed by atoms with Crippen LogP contribution in [0.4, 0.5) is 5.69 Å². The van der Waals surface area contributed by atoms with E-state index in [0.717, 1.165) is 17.0 Å². The Balaban J connectivity index is 2.03. The number of nitrogens with two attached hydrogens (primary N) is 1. The Morgan fingerprint density at radius 2 is 2.32 bits per heavy atom. The lowest BCUT2D eigenvalue weighted by Crippen LogP contribution is -2.25. The summed E-state index contributed by atoms with van der Waals surface area (Å²) in [6.07, 6.45) is 0. The van der Waals surface area contributed by atoms with Crippen molar-refractivity contribution in [1.29, 1.82) is 0 Å². The van der Waals surface area contributed by atoms with Crippen LogP contribution in [-0.2, 0) is 18.4 Å². The highest BCUT2D eigenvalue weighted by molar-refractivity contribution is 5.96. The van der Waals surface area contributed by atoms with Crippen LogP contribution in [0.15, 0.2) is 24.3 Å². The first-order valence-corrected chi connectivity index (χ1v) is 5.97. The number of carbonyl (C=O) groups is 1. The molecular weight excluding hydrogens is 244 g/mol. The Bertz CT molecular complexity index is 648. The predicted octanol–water partition coefficient (Wildman–Crippen LogP) is 0.877. The summed E-state index contributed by atoms with van der Waals surface area (Å²) in [7, 11) is 1.86. The number of rotatable bonds is 2. The lowest BCUT2D eigenvalue weighted by atomic mass is 10.1. The first kappa shape index (κ1) is 11.7. The molecule has 3 N–H and O–H groups in total. The number of hydrogen-bond donors (Lipinski definition) is 2. The Morgan fingerprint density at radius 1 is 1.47 bits per heavy atom. The zero-order valence-corrected chi connectivity index (χ0v) is 10.5. The van der Waals surface area contributed by atoms with Gasteiger partial charge in [0.05, 0.1) is 17.1 Å². The van der Waals surface area contributed by atoms with Crippen molar-refractivity contribution in [1.82, 2.24) is 9.78 Å². The second-order valence-electron chi connectivity index (χ2n) is 4.40. The molecule has 1 aliphatic heterocycles. The summed E-state index contributed by atoms with van der Waals surface area (Å²) in [6, 6.07) is 7.60. The molecule has 3 rings (SSSR count). The Kier molecular flexibility index (Phi) is 2.72. The highest BCUT2D eigenvalue weighted by atomic mass is 16.5. The molecule has 98 valence electrons. The van der Waals surface area contributed by atoms with Crippen molar-refractivity contribution in [3.8, 4) is 17.0 Å². The Labute approximate surface area is 110 Å². The van der Waals surface area contributed by atoms with Crippen LogP contribution in [0, 0.1) is 0 Å². The van der Waals surface area contributed by atoms with Crippen LogP contribution in [-0.4, -0.2) is 22.3 Å². The van der Waals surface area contributed by atoms with Gasteiger partial charge in [-0.1, -0.05) is 0 Å². The standard InChI is InChI=1S/C13H14N4O2/c1-17-11(5-9(6-14)16-17)8-2-3-12-10(4-8)15-13(18)7-19-12/h2-5H,6-7,14H2,1H3,(H,15,18). The summed E-state index contributed by atoms with van der Waals surface area (Å²) in [5, 5.41) is 7.10. The van der Waals surface area contributed by atoms with Crippen LogP contribution < -0.4 is 15.8 Å². The summed E-state index contributed by atoms with van der Waals surface area (Å²) in [5.41, 5.74) is 9.00. The molecule has 0 fully saturated rings. The summed E-state index contributed by atoms with van der Waals surface area (Å²) in [6.45, 7) is 0.466. The van der Waals surface area contributed by atoms with Crippen molar-refractivity contribution in [2.45, 2.75) is 6.54 Å². The first-order valence-electron chi connectivity index (χ1n) is 5.97. The molecule has 0 aliphatic carbocycles. The predicted molar refractivity (Wildman–Crippen MR) is 70.7 cm³/mol. The van der Waals surface area contributed by atoms with Gasteiger partial charge in [0.1, 0.15) is 5.75 Å².